The summed E-state index contributed by atoms with van der Waals surface area (Å²) in [6.07, 6.45) is 0. The van der Waals surface area contributed by atoms with Crippen LogP contribution in [-0.2, 0) is 10.8 Å². The number of benzene rings is 9. The second kappa shape index (κ2) is 14.2. The zero-order chi connectivity index (χ0) is 43.3. The normalized spacial score (nSPS) is 13.9. The van der Waals surface area contributed by atoms with E-state index >= 15 is 0 Å². The summed E-state index contributed by atoms with van der Waals surface area (Å²) in [5, 5.41) is 2.25. The molecule has 0 saturated heterocycles. The molecular formula is C62H42N2O. The van der Waals surface area contributed by atoms with Gasteiger partial charge in [-0.15, -0.1) is 0 Å². The van der Waals surface area contributed by atoms with Crippen LogP contribution in [0.15, 0.2) is 223 Å². The number of fused-ring (bicyclic) bond motifs is 9. The molecule has 0 saturated carbocycles. The molecule has 0 amide bonds. The largest absolute Gasteiger partial charge is 0.455 e. The zero-order valence-electron chi connectivity index (χ0n) is 36.1. The van der Waals surface area contributed by atoms with Gasteiger partial charge in [-0.25, -0.2) is 9.97 Å². The highest BCUT2D eigenvalue weighted by molar-refractivity contribution is 6.09. The molecule has 11 aromatic rings. The molecule has 0 unspecified atom stereocenters. The van der Waals surface area contributed by atoms with Gasteiger partial charge in [-0.1, -0.05) is 208 Å². The van der Waals surface area contributed by atoms with Gasteiger partial charge < -0.3 is 4.42 Å². The Morgan fingerprint density at radius 3 is 1.60 bits per heavy atom. The first-order chi connectivity index (χ1) is 32.0. The molecule has 9 aromatic carbocycles. The zero-order valence-corrected chi connectivity index (χ0v) is 36.1. The topological polar surface area (TPSA) is 38.9 Å². The van der Waals surface area contributed by atoms with Crippen molar-refractivity contribution in [1.29, 1.82) is 0 Å². The molecule has 2 aliphatic carbocycles. The molecule has 3 heteroatoms. The summed E-state index contributed by atoms with van der Waals surface area (Å²) >= 11 is 0. The lowest BCUT2D eigenvalue weighted by molar-refractivity contribution is 0.660. The third kappa shape index (κ3) is 5.55. The second-order valence-corrected chi connectivity index (χ2v) is 18.0. The maximum atomic E-state index is 6.45. The van der Waals surface area contributed by atoms with E-state index in [1.165, 1.54) is 55.6 Å². The Hall–Kier alpha value is -8.14. The number of hydrogen-bond acceptors (Lipinski definition) is 3. The molecular weight excluding hydrogens is 789 g/mol. The number of rotatable bonds is 6. The lowest BCUT2D eigenvalue weighted by atomic mass is 9.67. The summed E-state index contributed by atoms with van der Waals surface area (Å²) in [4.78, 5) is 10.9. The van der Waals surface area contributed by atoms with Crippen molar-refractivity contribution >= 4 is 21.9 Å². The smallest absolute Gasteiger partial charge is 0.160 e. The summed E-state index contributed by atoms with van der Waals surface area (Å²) in [6, 6.07) is 79.0. The quantitative estimate of drug-likeness (QED) is 0.168. The highest BCUT2D eigenvalue weighted by Crippen LogP contribution is 2.57. The first-order valence-corrected chi connectivity index (χ1v) is 22.5. The molecule has 0 radical (unpaired) electrons. The van der Waals surface area contributed by atoms with Crippen LogP contribution >= 0.6 is 0 Å². The van der Waals surface area contributed by atoms with Crippen molar-refractivity contribution in [3.63, 3.8) is 0 Å². The average molecular weight is 831 g/mol. The fraction of sp³-hybridized carbons (Fsp3) is 0.0645. The van der Waals surface area contributed by atoms with E-state index in [1.54, 1.807) is 0 Å². The molecule has 2 aliphatic rings. The summed E-state index contributed by atoms with van der Waals surface area (Å²) in [5.41, 5.74) is 20.8. The van der Waals surface area contributed by atoms with Gasteiger partial charge in [-0.3, -0.25) is 0 Å². The first-order valence-electron chi connectivity index (χ1n) is 22.5. The molecule has 0 N–H and O–H groups in total. The Morgan fingerprint density at radius 2 is 0.862 bits per heavy atom. The minimum atomic E-state index is -0.526. The average Bonchev–Trinajstić information content (AvgIpc) is 3.98. The Labute approximate surface area is 378 Å². The summed E-state index contributed by atoms with van der Waals surface area (Å²) in [6.45, 7) is 4.65. The van der Waals surface area contributed by atoms with Crippen molar-refractivity contribution in [2.75, 3.05) is 0 Å². The Bertz CT molecular complexity index is 3640. The van der Waals surface area contributed by atoms with E-state index in [1.807, 2.05) is 12.1 Å². The van der Waals surface area contributed by atoms with Crippen LogP contribution in [0.25, 0.3) is 89.2 Å². The van der Waals surface area contributed by atoms with Gasteiger partial charge in [0.25, 0.3) is 0 Å². The van der Waals surface area contributed by atoms with Crippen LogP contribution in [0.4, 0.5) is 0 Å². The van der Waals surface area contributed by atoms with Crippen LogP contribution in [0, 0.1) is 0 Å². The molecule has 2 heterocycles. The van der Waals surface area contributed by atoms with Crippen molar-refractivity contribution in [2.45, 2.75) is 24.7 Å². The number of hydrogen-bond donors (Lipinski definition) is 0. The molecule has 0 fully saturated rings. The predicted molar refractivity (Wildman–Crippen MR) is 266 cm³/mol. The van der Waals surface area contributed by atoms with Gasteiger partial charge in [0, 0.05) is 38.4 Å². The summed E-state index contributed by atoms with van der Waals surface area (Å²) in [5.74, 6) is 0.698. The fourth-order valence-electron chi connectivity index (χ4n) is 11.1. The highest BCUT2D eigenvalue weighted by atomic mass is 16.3. The first kappa shape index (κ1) is 37.4. The highest BCUT2D eigenvalue weighted by Gasteiger charge is 2.46. The molecule has 2 aromatic heterocycles. The van der Waals surface area contributed by atoms with E-state index in [2.05, 4.69) is 220 Å². The van der Waals surface area contributed by atoms with Gasteiger partial charge in [0.2, 0.25) is 0 Å². The van der Waals surface area contributed by atoms with Crippen LogP contribution < -0.4 is 0 Å². The molecule has 0 bridgehead atoms. The van der Waals surface area contributed by atoms with Crippen molar-refractivity contribution in [2.24, 2.45) is 0 Å². The summed E-state index contributed by atoms with van der Waals surface area (Å²) in [7, 11) is 0. The second-order valence-electron chi connectivity index (χ2n) is 18.0. The lowest BCUT2D eigenvalue weighted by Gasteiger charge is -2.34. The van der Waals surface area contributed by atoms with Crippen molar-refractivity contribution in [3.8, 4) is 67.3 Å². The maximum absolute atomic E-state index is 6.45. The lowest BCUT2D eigenvalue weighted by Crippen LogP contribution is -2.28. The van der Waals surface area contributed by atoms with E-state index in [0.29, 0.717) is 5.82 Å². The van der Waals surface area contributed by atoms with E-state index in [-0.39, 0.29) is 5.41 Å². The standard InChI is InChI=1S/C62H42N2O/c1-61(2)52-25-12-9-20-46(52)48-35-33-42(37-54(48)61)60-63-56(40-30-28-39(29-31-40)45-23-15-24-51-50-22-11-14-27-58(50)65-59(45)51)38-57(64-60)41-32-34-49-47-21-10-13-26-53(47)62(55(49)36-41,43-16-5-3-6-17-43)44-18-7-4-8-19-44/h3-38H,1-2H3. The van der Waals surface area contributed by atoms with E-state index < -0.39 is 5.41 Å². The third-order valence-corrected chi connectivity index (χ3v) is 14.2. The minimum Gasteiger partial charge on any atom is -0.455 e. The monoisotopic (exact) mass is 830 g/mol. The van der Waals surface area contributed by atoms with Crippen molar-refractivity contribution in [1.82, 2.24) is 9.97 Å². The Kier molecular flexibility index (Phi) is 8.17. The van der Waals surface area contributed by atoms with Crippen LogP contribution in [0.3, 0.4) is 0 Å². The van der Waals surface area contributed by atoms with E-state index in [0.717, 1.165) is 61.1 Å². The molecule has 13 rings (SSSR count). The maximum Gasteiger partial charge on any atom is 0.160 e. The molecule has 3 nitrogen and oxygen atoms in total. The number of nitrogens with zero attached hydrogens (tertiary/aromatic N) is 2. The molecule has 0 aliphatic heterocycles. The van der Waals surface area contributed by atoms with Crippen LogP contribution in [0.1, 0.15) is 47.2 Å². The molecule has 306 valence electrons. The summed E-state index contributed by atoms with van der Waals surface area (Å²) < 4.78 is 6.45. The fourth-order valence-corrected chi connectivity index (χ4v) is 11.1. The van der Waals surface area contributed by atoms with Crippen LogP contribution in [0.5, 0.6) is 0 Å². The minimum absolute atomic E-state index is 0.159. The third-order valence-electron chi connectivity index (χ3n) is 14.2. The van der Waals surface area contributed by atoms with Gasteiger partial charge >= 0.3 is 0 Å². The SMILES string of the molecule is CC1(C)c2ccccc2-c2ccc(-c3nc(-c4ccc(-c5cccc6c5oc5ccccc56)cc4)cc(-c4ccc5c(c4)C(c4ccccc4)(c4ccccc4)c4ccccc4-5)n3)cc21. The van der Waals surface area contributed by atoms with Crippen LogP contribution in [0.2, 0.25) is 0 Å². The van der Waals surface area contributed by atoms with Crippen molar-refractivity contribution < 1.29 is 4.42 Å². The molecule has 0 spiro atoms. The number of para-hydroxylation sites is 2. The van der Waals surface area contributed by atoms with Gasteiger partial charge in [-0.2, -0.15) is 0 Å². The number of furan rings is 1. The van der Waals surface area contributed by atoms with Gasteiger partial charge in [0.05, 0.1) is 16.8 Å². The molecule has 0 atom stereocenters. The van der Waals surface area contributed by atoms with Crippen molar-refractivity contribution in [3.05, 3.63) is 252 Å². The Morgan fingerprint density at radius 1 is 0.354 bits per heavy atom. The van der Waals surface area contributed by atoms with Gasteiger partial charge in [-0.05, 0) is 85.5 Å². The van der Waals surface area contributed by atoms with E-state index in [4.69, 9.17) is 14.4 Å². The van der Waals surface area contributed by atoms with E-state index in [9.17, 15) is 0 Å². The predicted octanol–water partition coefficient (Wildman–Crippen LogP) is 15.7. The van der Waals surface area contributed by atoms with Gasteiger partial charge in [0.15, 0.2) is 5.82 Å². The van der Waals surface area contributed by atoms with Crippen LogP contribution in [-0.4, -0.2) is 9.97 Å². The number of aromatic nitrogens is 2. The Balaban J connectivity index is 0.998. The van der Waals surface area contributed by atoms with Gasteiger partial charge in [0.1, 0.15) is 11.2 Å². The molecule has 65 heavy (non-hydrogen) atoms.